The fourth-order valence-electron chi connectivity index (χ4n) is 3.12. The first kappa shape index (κ1) is 41.5. The molecule has 0 aliphatic rings. The molecule has 0 saturated heterocycles. The van der Waals surface area contributed by atoms with Crippen molar-refractivity contribution in [3.8, 4) is 5.75 Å². The van der Waals surface area contributed by atoms with E-state index < -0.39 is 79.3 Å². The van der Waals surface area contributed by atoms with Crippen LogP contribution < -0.4 is 4.74 Å². The molecule has 0 spiro atoms. The lowest BCUT2D eigenvalue weighted by molar-refractivity contribution is -0.472. The second-order valence-electron chi connectivity index (χ2n) is 9.14. The second kappa shape index (κ2) is 11.9. The van der Waals surface area contributed by atoms with Gasteiger partial charge in [-0.2, -0.15) is 92.2 Å². The number of halogens is 21. The van der Waals surface area contributed by atoms with Crippen molar-refractivity contribution in [2.24, 2.45) is 0 Å². The second-order valence-corrected chi connectivity index (χ2v) is 11.1. The average Bonchev–Trinajstić information content (AvgIpc) is 2.89. The molecule has 3 nitrogen and oxygen atoms in total. The highest BCUT2D eigenvalue weighted by Crippen LogP contribution is 2.66. The topological polar surface area (TPSA) is 43.4 Å². The van der Waals surface area contributed by atoms with Gasteiger partial charge < -0.3 is 4.74 Å². The fraction of sp³-hybridized carbons (Fsp3) is 0.714. The van der Waals surface area contributed by atoms with Crippen LogP contribution >= 0.6 is 0 Å². The molecule has 0 heterocycles. The molecule has 0 bridgehead atoms. The number of sulfone groups is 1. The van der Waals surface area contributed by atoms with E-state index in [-0.39, 0.29) is 18.7 Å². The summed E-state index contributed by atoms with van der Waals surface area (Å²) in [4.78, 5) is -2.20. The van der Waals surface area contributed by atoms with Gasteiger partial charge in [-0.3, -0.25) is 0 Å². The number of benzene rings is 1. The van der Waals surface area contributed by atoms with Gasteiger partial charge in [0.2, 0.25) is 9.84 Å². The van der Waals surface area contributed by atoms with Crippen LogP contribution in [0.2, 0.25) is 0 Å². The third-order valence-corrected chi connectivity index (χ3v) is 7.79. The van der Waals surface area contributed by atoms with E-state index in [1.54, 1.807) is 6.92 Å². The largest absolute Gasteiger partial charge is 0.494 e. The highest BCUT2D eigenvalue weighted by molar-refractivity contribution is 7.92. The molecule has 0 saturated carbocycles. The minimum Gasteiger partial charge on any atom is -0.494 e. The van der Waals surface area contributed by atoms with E-state index in [0.29, 0.717) is 31.4 Å². The standard InChI is InChI=1S/C21H15F21O3S/c1-2-3-4-9-45-10-5-7-11(8-6-10)46(43,44)21(41,42)19(36,37)17(32,33)15(28,29)13(24,25)12(22,23)14(26,27)16(30,31)18(34,35)20(38,39)40/h5-8H,2-4,9H2,1H3. The van der Waals surface area contributed by atoms with Crippen molar-refractivity contribution >= 4 is 9.84 Å². The number of rotatable bonds is 15. The van der Waals surface area contributed by atoms with Gasteiger partial charge >= 0.3 is 58.8 Å². The van der Waals surface area contributed by atoms with Crippen molar-refractivity contribution in [2.45, 2.75) is 89.9 Å². The third-order valence-electron chi connectivity index (χ3n) is 5.97. The van der Waals surface area contributed by atoms with Crippen molar-refractivity contribution < 1.29 is 105 Å². The Morgan fingerprint density at radius 1 is 0.500 bits per heavy atom. The monoisotopic (exact) mass is 746 g/mol. The van der Waals surface area contributed by atoms with Crippen molar-refractivity contribution in [2.75, 3.05) is 6.61 Å². The summed E-state index contributed by atoms with van der Waals surface area (Å²) in [6.45, 7) is 1.60. The van der Waals surface area contributed by atoms with Crippen LogP contribution in [0.25, 0.3) is 0 Å². The van der Waals surface area contributed by atoms with Crippen molar-refractivity contribution in [1.29, 1.82) is 0 Å². The van der Waals surface area contributed by atoms with Crippen LogP contribution in [0.1, 0.15) is 26.2 Å². The van der Waals surface area contributed by atoms with Crippen LogP contribution in [0, 0.1) is 0 Å². The maximum absolute atomic E-state index is 14.4. The van der Waals surface area contributed by atoms with Gasteiger partial charge in [0.15, 0.2) is 0 Å². The Bertz CT molecular complexity index is 1320. The van der Waals surface area contributed by atoms with Gasteiger partial charge in [0.05, 0.1) is 11.5 Å². The molecule has 0 aliphatic carbocycles. The Kier molecular flexibility index (Phi) is 10.7. The molecule has 25 heteroatoms. The van der Waals surface area contributed by atoms with Crippen molar-refractivity contribution in [3.05, 3.63) is 24.3 Å². The molecule has 0 fully saturated rings. The minimum atomic E-state index is -9.36. The fourth-order valence-corrected chi connectivity index (χ4v) is 4.37. The van der Waals surface area contributed by atoms with E-state index in [2.05, 4.69) is 0 Å². The van der Waals surface area contributed by atoms with Gasteiger partial charge in [0.1, 0.15) is 5.75 Å². The van der Waals surface area contributed by atoms with Crippen LogP contribution in [0.5, 0.6) is 5.75 Å². The van der Waals surface area contributed by atoms with Crippen LogP contribution in [-0.4, -0.2) is 73.8 Å². The minimum absolute atomic E-state index is 0.128. The molecular formula is C21H15F21O3S. The van der Waals surface area contributed by atoms with Crippen LogP contribution in [0.4, 0.5) is 92.2 Å². The zero-order chi connectivity index (χ0) is 37.0. The van der Waals surface area contributed by atoms with Gasteiger partial charge in [0.25, 0.3) is 0 Å². The molecule has 0 N–H and O–H groups in total. The van der Waals surface area contributed by atoms with Crippen LogP contribution in [0.15, 0.2) is 29.2 Å². The summed E-state index contributed by atoms with van der Waals surface area (Å²) >= 11 is 0. The van der Waals surface area contributed by atoms with Gasteiger partial charge in [0, 0.05) is 0 Å². The predicted molar refractivity (Wildman–Crippen MR) is 109 cm³/mol. The third kappa shape index (κ3) is 5.68. The highest BCUT2D eigenvalue weighted by atomic mass is 32.2. The quantitative estimate of drug-likeness (QED) is 0.133. The summed E-state index contributed by atoms with van der Waals surface area (Å²) in [5.74, 6) is -72.8. The Morgan fingerprint density at radius 3 is 1.15 bits per heavy atom. The molecule has 1 rings (SSSR count). The molecule has 270 valence electrons. The lowest BCUT2D eigenvalue weighted by Gasteiger charge is -2.44. The molecular weight excluding hydrogens is 731 g/mol. The highest BCUT2D eigenvalue weighted by Gasteiger charge is 2.98. The molecule has 1 aromatic rings. The number of ether oxygens (including phenoxy) is 1. The average molecular weight is 746 g/mol. The van der Waals surface area contributed by atoms with E-state index >= 15 is 0 Å². The first-order chi connectivity index (χ1) is 20.0. The van der Waals surface area contributed by atoms with Gasteiger partial charge in [-0.1, -0.05) is 19.8 Å². The molecule has 0 amide bonds. The van der Waals surface area contributed by atoms with E-state index in [1.807, 2.05) is 0 Å². The molecule has 0 aromatic heterocycles. The Morgan fingerprint density at radius 2 is 0.826 bits per heavy atom. The summed E-state index contributed by atoms with van der Waals surface area (Å²) in [7, 11) is -7.53. The molecule has 0 aliphatic heterocycles. The van der Waals surface area contributed by atoms with Gasteiger partial charge in [-0.15, -0.1) is 0 Å². The number of hydrogen-bond donors (Lipinski definition) is 0. The molecule has 0 radical (unpaired) electrons. The Hall–Kier alpha value is -2.50. The van der Waals surface area contributed by atoms with Gasteiger partial charge in [-0.05, 0) is 30.7 Å². The van der Waals surface area contributed by atoms with E-state index in [9.17, 15) is 101 Å². The molecule has 0 unspecified atom stereocenters. The maximum Gasteiger partial charge on any atom is 0.460 e. The number of unbranched alkanes of at least 4 members (excludes halogenated alkanes) is 2. The zero-order valence-electron chi connectivity index (χ0n) is 21.7. The van der Waals surface area contributed by atoms with Crippen LogP contribution in [0.3, 0.4) is 0 Å². The summed E-state index contributed by atoms with van der Waals surface area (Å²) in [6, 6.07) is 0.509. The molecule has 1 aromatic carbocycles. The summed E-state index contributed by atoms with van der Waals surface area (Å²) < 4.78 is 313. The predicted octanol–water partition coefficient (Wildman–Crippen LogP) is 9.27. The maximum atomic E-state index is 14.4. The summed E-state index contributed by atoms with van der Waals surface area (Å²) in [6.07, 6.45) is -6.56. The molecule has 46 heavy (non-hydrogen) atoms. The van der Waals surface area contributed by atoms with Crippen molar-refractivity contribution in [3.63, 3.8) is 0 Å². The van der Waals surface area contributed by atoms with Crippen LogP contribution in [-0.2, 0) is 9.84 Å². The first-order valence-electron chi connectivity index (χ1n) is 11.5. The normalized spacial score (nSPS) is 15.7. The molecule has 0 atom stereocenters. The Labute approximate surface area is 242 Å². The Balaban J connectivity index is 3.72. The SMILES string of the molecule is CCCCCOc1ccc(S(=O)(=O)C(F)(F)C(F)(F)C(F)(F)C(F)(F)C(F)(F)C(F)(F)C(F)(F)C(F)(F)C(F)(F)C(F)(F)F)cc1. The van der Waals surface area contributed by atoms with E-state index in [4.69, 9.17) is 4.74 Å². The summed E-state index contributed by atoms with van der Waals surface area (Å²) in [5, 5.41) is -7.81. The van der Waals surface area contributed by atoms with E-state index in [0.717, 1.165) is 0 Å². The van der Waals surface area contributed by atoms with Crippen molar-refractivity contribution in [1.82, 2.24) is 0 Å². The lowest BCUT2D eigenvalue weighted by atomic mass is 9.87. The number of hydrogen-bond acceptors (Lipinski definition) is 3. The summed E-state index contributed by atoms with van der Waals surface area (Å²) in [5.41, 5.74) is 0. The smallest absolute Gasteiger partial charge is 0.460 e. The lowest BCUT2D eigenvalue weighted by Crippen LogP contribution is -2.77. The van der Waals surface area contributed by atoms with E-state index in [1.165, 1.54) is 0 Å². The van der Waals surface area contributed by atoms with Gasteiger partial charge in [-0.25, -0.2) is 8.42 Å². The first-order valence-corrected chi connectivity index (χ1v) is 13.0. The number of alkyl halides is 21. The zero-order valence-corrected chi connectivity index (χ0v) is 22.5.